The summed E-state index contributed by atoms with van der Waals surface area (Å²) in [5.41, 5.74) is 1.59. The lowest BCUT2D eigenvalue weighted by Gasteiger charge is -2.33. The van der Waals surface area contributed by atoms with E-state index in [1.54, 1.807) is 0 Å². The summed E-state index contributed by atoms with van der Waals surface area (Å²) >= 11 is 0. The molecule has 23 heavy (non-hydrogen) atoms. The minimum absolute atomic E-state index is 0.0106. The van der Waals surface area contributed by atoms with Gasteiger partial charge in [-0.05, 0) is 56.2 Å². The van der Waals surface area contributed by atoms with Crippen LogP contribution in [0.15, 0.2) is 12.4 Å². The highest BCUT2D eigenvalue weighted by molar-refractivity contribution is 5.82. The van der Waals surface area contributed by atoms with Crippen LogP contribution in [-0.2, 0) is 18.3 Å². The van der Waals surface area contributed by atoms with Crippen LogP contribution in [0.1, 0.15) is 31.2 Å². The van der Waals surface area contributed by atoms with Gasteiger partial charge in [0.2, 0.25) is 5.91 Å². The van der Waals surface area contributed by atoms with Crippen LogP contribution in [-0.4, -0.2) is 59.9 Å². The number of aryl methyl sites for hydroxylation is 2. The molecule has 128 valence electrons. The number of hydrogen-bond acceptors (Lipinski definition) is 4. The van der Waals surface area contributed by atoms with E-state index < -0.39 is 0 Å². The Morgan fingerprint density at radius 1 is 1.48 bits per heavy atom. The molecule has 0 radical (unpaired) electrons. The summed E-state index contributed by atoms with van der Waals surface area (Å²) in [5, 5.41) is 11.1. The van der Waals surface area contributed by atoms with Gasteiger partial charge < -0.3 is 15.5 Å². The Morgan fingerprint density at radius 2 is 2.26 bits per heavy atom. The van der Waals surface area contributed by atoms with Crippen molar-refractivity contribution >= 4 is 5.91 Å². The van der Waals surface area contributed by atoms with Gasteiger partial charge in [-0.25, -0.2) is 0 Å². The highest BCUT2D eigenvalue weighted by Crippen LogP contribution is 2.37. The fourth-order valence-electron chi connectivity index (χ4n) is 3.93. The van der Waals surface area contributed by atoms with Gasteiger partial charge in [-0.15, -0.1) is 0 Å². The van der Waals surface area contributed by atoms with Crippen LogP contribution < -0.4 is 10.6 Å². The van der Waals surface area contributed by atoms with E-state index in [-0.39, 0.29) is 11.9 Å². The van der Waals surface area contributed by atoms with Gasteiger partial charge in [0.15, 0.2) is 0 Å². The molecule has 0 aliphatic carbocycles. The summed E-state index contributed by atoms with van der Waals surface area (Å²) in [5.74, 6) is 0.256. The number of hydrogen-bond donors (Lipinski definition) is 2. The molecule has 2 aliphatic heterocycles. The van der Waals surface area contributed by atoms with Crippen molar-refractivity contribution in [1.82, 2.24) is 25.3 Å². The summed E-state index contributed by atoms with van der Waals surface area (Å²) < 4.78 is 1.82. The summed E-state index contributed by atoms with van der Waals surface area (Å²) in [6, 6.07) is 0.0106. The van der Waals surface area contributed by atoms with Gasteiger partial charge >= 0.3 is 0 Å². The van der Waals surface area contributed by atoms with E-state index in [2.05, 4.69) is 15.7 Å². The van der Waals surface area contributed by atoms with Gasteiger partial charge in [0, 0.05) is 33.4 Å². The molecule has 1 spiro atoms. The lowest BCUT2D eigenvalue weighted by Crippen LogP contribution is -2.42. The summed E-state index contributed by atoms with van der Waals surface area (Å²) in [6.45, 7) is 3.97. The van der Waals surface area contributed by atoms with Crippen molar-refractivity contribution in [3.63, 3.8) is 0 Å². The van der Waals surface area contributed by atoms with E-state index in [0.29, 0.717) is 5.41 Å². The third kappa shape index (κ3) is 3.93. The molecule has 2 saturated heterocycles. The van der Waals surface area contributed by atoms with Gasteiger partial charge in [0.05, 0.1) is 12.2 Å². The highest BCUT2D eigenvalue weighted by Gasteiger charge is 2.42. The van der Waals surface area contributed by atoms with Crippen molar-refractivity contribution < 1.29 is 4.79 Å². The lowest BCUT2D eigenvalue weighted by molar-refractivity contribution is -0.132. The molecule has 0 saturated carbocycles. The molecule has 3 rings (SSSR count). The number of amides is 1. The highest BCUT2D eigenvalue weighted by atomic mass is 16.2. The Kier molecular flexibility index (Phi) is 5.02. The predicted molar refractivity (Wildman–Crippen MR) is 90.1 cm³/mol. The Labute approximate surface area is 138 Å². The van der Waals surface area contributed by atoms with E-state index in [1.165, 1.54) is 18.4 Å². The third-order valence-corrected chi connectivity index (χ3v) is 5.42. The van der Waals surface area contributed by atoms with E-state index in [0.717, 1.165) is 45.4 Å². The maximum atomic E-state index is 12.6. The molecule has 2 fully saturated rings. The molecular weight excluding hydrogens is 290 g/mol. The van der Waals surface area contributed by atoms with Crippen LogP contribution >= 0.6 is 0 Å². The number of nitrogens with one attached hydrogen (secondary N) is 2. The topological polar surface area (TPSA) is 62.2 Å². The van der Waals surface area contributed by atoms with E-state index in [1.807, 2.05) is 36.1 Å². The third-order valence-electron chi connectivity index (χ3n) is 5.42. The first-order valence-electron chi connectivity index (χ1n) is 8.75. The standard InChI is InChI=1S/C17H29N5O/c1-21(9-3-4-14-11-20-22(2)12-14)16(23)15-10-17(13-19-15)5-7-18-8-6-17/h11-12,15,18-19H,3-10,13H2,1-2H3. The molecule has 0 bridgehead atoms. The van der Waals surface area contributed by atoms with Crippen LogP contribution in [0.4, 0.5) is 0 Å². The molecule has 2 aliphatic rings. The number of rotatable bonds is 5. The number of piperidine rings is 1. The van der Waals surface area contributed by atoms with Gasteiger partial charge in [0.25, 0.3) is 0 Å². The van der Waals surface area contributed by atoms with Crippen molar-refractivity contribution in [2.45, 2.75) is 38.1 Å². The maximum Gasteiger partial charge on any atom is 0.239 e. The van der Waals surface area contributed by atoms with Gasteiger partial charge in [-0.1, -0.05) is 0 Å². The second-order valence-electron chi connectivity index (χ2n) is 7.27. The molecule has 0 aromatic carbocycles. The first kappa shape index (κ1) is 16.5. The molecule has 1 unspecified atom stereocenters. The van der Waals surface area contributed by atoms with Crippen LogP contribution in [0.3, 0.4) is 0 Å². The van der Waals surface area contributed by atoms with E-state index in [4.69, 9.17) is 0 Å². The fraction of sp³-hybridized carbons (Fsp3) is 0.765. The lowest BCUT2D eigenvalue weighted by atomic mass is 9.77. The van der Waals surface area contributed by atoms with Crippen molar-refractivity contribution in [3.05, 3.63) is 18.0 Å². The molecular formula is C17H29N5O. The maximum absolute atomic E-state index is 12.6. The zero-order valence-electron chi connectivity index (χ0n) is 14.3. The molecule has 1 atom stereocenters. The molecule has 1 aromatic rings. The van der Waals surface area contributed by atoms with Gasteiger partial charge in [-0.2, -0.15) is 5.10 Å². The minimum Gasteiger partial charge on any atom is -0.344 e. The molecule has 3 heterocycles. The number of aromatic nitrogens is 2. The summed E-state index contributed by atoms with van der Waals surface area (Å²) in [6.07, 6.45) is 9.28. The van der Waals surface area contributed by atoms with Crippen LogP contribution in [0, 0.1) is 5.41 Å². The van der Waals surface area contributed by atoms with Crippen LogP contribution in [0.2, 0.25) is 0 Å². The second kappa shape index (κ2) is 7.01. The first-order valence-corrected chi connectivity index (χ1v) is 8.75. The van der Waals surface area contributed by atoms with Crippen LogP contribution in [0.25, 0.3) is 0 Å². The average molecular weight is 319 g/mol. The zero-order valence-corrected chi connectivity index (χ0v) is 14.3. The molecule has 1 aromatic heterocycles. The Morgan fingerprint density at radius 3 is 2.96 bits per heavy atom. The van der Waals surface area contributed by atoms with E-state index in [9.17, 15) is 4.79 Å². The number of nitrogens with zero attached hydrogens (tertiary/aromatic N) is 3. The van der Waals surface area contributed by atoms with Gasteiger partial charge in [-0.3, -0.25) is 9.48 Å². The Balaban J connectivity index is 1.44. The first-order chi connectivity index (χ1) is 11.1. The SMILES string of the molecule is CN(CCCc1cnn(C)c1)C(=O)C1CC2(CCNCC2)CN1. The van der Waals surface area contributed by atoms with E-state index >= 15 is 0 Å². The summed E-state index contributed by atoms with van der Waals surface area (Å²) in [7, 11) is 3.86. The Hall–Kier alpha value is -1.40. The average Bonchev–Trinajstić information content (AvgIpc) is 3.14. The largest absolute Gasteiger partial charge is 0.344 e. The van der Waals surface area contributed by atoms with Gasteiger partial charge in [0.1, 0.15) is 0 Å². The fourth-order valence-corrected chi connectivity index (χ4v) is 3.93. The van der Waals surface area contributed by atoms with Crippen LogP contribution in [0.5, 0.6) is 0 Å². The molecule has 1 amide bonds. The smallest absolute Gasteiger partial charge is 0.239 e. The van der Waals surface area contributed by atoms with Crippen molar-refractivity contribution in [2.75, 3.05) is 33.2 Å². The van der Waals surface area contributed by atoms with Crippen molar-refractivity contribution in [3.8, 4) is 0 Å². The Bertz CT molecular complexity index is 535. The number of likely N-dealkylation sites (N-methyl/N-ethyl adjacent to an activating group) is 1. The minimum atomic E-state index is 0.0106. The molecule has 6 heteroatoms. The molecule has 6 nitrogen and oxygen atoms in total. The quantitative estimate of drug-likeness (QED) is 0.832. The molecule has 2 N–H and O–H groups in total. The second-order valence-corrected chi connectivity index (χ2v) is 7.27. The summed E-state index contributed by atoms with van der Waals surface area (Å²) in [4.78, 5) is 14.5. The van der Waals surface area contributed by atoms with Crippen molar-refractivity contribution in [1.29, 1.82) is 0 Å². The monoisotopic (exact) mass is 319 g/mol. The number of carbonyl (C=O) groups is 1. The predicted octanol–water partition coefficient (Wildman–Crippen LogP) is 0.543. The number of carbonyl (C=O) groups excluding carboxylic acids is 1. The van der Waals surface area contributed by atoms with Crippen molar-refractivity contribution in [2.24, 2.45) is 12.5 Å². The normalized spacial score (nSPS) is 23.3. The zero-order chi connectivity index (χ0) is 16.3.